The van der Waals surface area contributed by atoms with Gasteiger partial charge in [-0.1, -0.05) is 13.8 Å². The number of nitrogens with one attached hydrogen (secondary N) is 1. The first-order chi connectivity index (χ1) is 11.3. The van der Waals surface area contributed by atoms with Crippen LogP contribution in [-0.4, -0.2) is 21.9 Å². The molecule has 0 saturated carbocycles. The molecule has 1 heterocycles. The van der Waals surface area contributed by atoms with E-state index in [2.05, 4.69) is 15.3 Å². The van der Waals surface area contributed by atoms with E-state index in [0.29, 0.717) is 12.3 Å². The number of hydrogen-bond donors (Lipinski definition) is 2. The lowest BCUT2D eigenvalue weighted by Crippen LogP contribution is -2.36. The van der Waals surface area contributed by atoms with Crippen LogP contribution in [-0.2, 0) is 4.79 Å². The number of nitrogens with two attached hydrogens (primary N) is 1. The normalized spacial score (nSPS) is 11.8. The van der Waals surface area contributed by atoms with Crippen LogP contribution in [0.4, 0.5) is 5.69 Å². The maximum absolute atomic E-state index is 12.0. The Bertz CT molecular complexity index is 686. The fraction of sp³-hybridized carbons (Fsp3) is 0.389. The quantitative estimate of drug-likeness (QED) is 0.741. The fourth-order valence-electron chi connectivity index (χ4n) is 2.30. The molecular formula is C18H25ClN4OS. The highest BCUT2D eigenvalue weighted by Gasteiger charge is 2.15. The van der Waals surface area contributed by atoms with E-state index < -0.39 is 6.04 Å². The van der Waals surface area contributed by atoms with Crippen LogP contribution in [0.25, 0.3) is 0 Å². The van der Waals surface area contributed by atoms with Crippen LogP contribution in [0.5, 0.6) is 0 Å². The molecular weight excluding hydrogens is 356 g/mol. The zero-order valence-electron chi connectivity index (χ0n) is 14.9. The molecule has 7 heteroatoms. The Hall–Kier alpha value is -1.63. The van der Waals surface area contributed by atoms with Gasteiger partial charge in [-0.05, 0) is 68.3 Å². The first kappa shape index (κ1) is 21.4. The van der Waals surface area contributed by atoms with Crippen LogP contribution in [0.1, 0.15) is 31.7 Å². The van der Waals surface area contributed by atoms with Gasteiger partial charge in [-0.25, -0.2) is 9.97 Å². The van der Waals surface area contributed by atoms with Crippen LogP contribution >= 0.6 is 24.2 Å². The molecule has 2 aromatic rings. The second-order valence-corrected chi connectivity index (χ2v) is 7.33. The summed E-state index contributed by atoms with van der Waals surface area (Å²) in [5.41, 5.74) is 8.54. The third-order valence-electron chi connectivity index (χ3n) is 3.35. The predicted molar refractivity (Wildman–Crippen MR) is 105 cm³/mol. The summed E-state index contributed by atoms with van der Waals surface area (Å²) in [6, 6.07) is 9.08. The summed E-state index contributed by atoms with van der Waals surface area (Å²) in [7, 11) is 0. The molecule has 25 heavy (non-hydrogen) atoms. The van der Waals surface area contributed by atoms with Crippen LogP contribution in [0.2, 0.25) is 0 Å². The second kappa shape index (κ2) is 9.75. The number of aromatic nitrogens is 2. The number of aryl methyl sites for hydroxylation is 2. The van der Waals surface area contributed by atoms with Gasteiger partial charge in [0.25, 0.3) is 0 Å². The van der Waals surface area contributed by atoms with Gasteiger partial charge in [-0.3, -0.25) is 4.79 Å². The zero-order valence-corrected chi connectivity index (χ0v) is 16.6. The molecule has 3 N–H and O–H groups in total. The first-order valence-corrected chi connectivity index (χ1v) is 8.82. The van der Waals surface area contributed by atoms with Gasteiger partial charge in [0.05, 0.1) is 6.04 Å². The Balaban J connectivity index is 0.00000312. The highest BCUT2D eigenvalue weighted by molar-refractivity contribution is 7.99. The molecule has 1 amide bonds. The molecule has 0 radical (unpaired) electrons. The number of benzene rings is 1. The van der Waals surface area contributed by atoms with Gasteiger partial charge in [0.15, 0.2) is 5.16 Å². The van der Waals surface area contributed by atoms with Gasteiger partial charge in [-0.2, -0.15) is 0 Å². The highest BCUT2D eigenvalue weighted by atomic mass is 35.5. The summed E-state index contributed by atoms with van der Waals surface area (Å²) in [5, 5.41) is 3.58. The Morgan fingerprint density at radius 2 is 1.72 bits per heavy atom. The monoisotopic (exact) mass is 380 g/mol. The smallest absolute Gasteiger partial charge is 0.241 e. The summed E-state index contributed by atoms with van der Waals surface area (Å²) in [4.78, 5) is 21.9. The van der Waals surface area contributed by atoms with Crippen molar-refractivity contribution in [1.29, 1.82) is 0 Å². The van der Waals surface area contributed by atoms with Gasteiger partial charge in [0, 0.05) is 22.0 Å². The number of nitrogens with zero attached hydrogens (tertiary/aromatic N) is 2. The van der Waals surface area contributed by atoms with Crippen molar-refractivity contribution < 1.29 is 4.79 Å². The molecule has 1 atom stereocenters. The lowest BCUT2D eigenvalue weighted by Gasteiger charge is -2.14. The highest BCUT2D eigenvalue weighted by Crippen LogP contribution is 2.26. The number of carbonyl (C=O) groups excluding carboxylic acids is 1. The molecule has 2 rings (SSSR count). The summed E-state index contributed by atoms with van der Waals surface area (Å²) < 4.78 is 0. The van der Waals surface area contributed by atoms with E-state index in [1.807, 2.05) is 58.0 Å². The average molecular weight is 381 g/mol. The minimum atomic E-state index is -0.484. The number of anilines is 1. The molecule has 0 saturated heterocycles. The maximum atomic E-state index is 12.0. The van der Waals surface area contributed by atoms with Crippen LogP contribution in [0, 0.1) is 19.8 Å². The summed E-state index contributed by atoms with van der Waals surface area (Å²) in [5.74, 6) is 0.240. The lowest BCUT2D eigenvalue weighted by atomic mass is 10.0. The van der Waals surface area contributed by atoms with Crippen molar-refractivity contribution in [1.82, 2.24) is 9.97 Å². The Morgan fingerprint density at radius 1 is 1.16 bits per heavy atom. The van der Waals surface area contributed by atoms with Gasteiger partial charge in [0.2, 0.25) is 5.91 Å². The van der Waals surface area contributed by atoms with Crippen molar-refractivity contribution in [3.63, 3.8) is 0 Å². The van der Waals surface area contributed by atoms with Gasteiger partial charge >= 0.3 is 0 Å². The number of halogens is 1. The minimum Gasteiger partial charge on any atom is -0.325 e. The molecule has 1 aromatic heterocycles. The van der Waals surface area contributed by atoms with Gasteiger partial charge in [-0.15, -0.1) is 12.4 Å². The summed E-state index contributed by atoms with van der Waals surface area (Å²) in [6.45, 7) is 8.01. The fourth-order valence-corrected chi connectivity index (χ4v) is 3.16. The summed E-state index contributed by atoms with van der Waals surface area (Å²) in [6.07, 6.45) is 0.670. The van der Waals surface area contributed by atoms with Crippen molar-refractivity contribution in [2.24, 2.45) is 11.7 Å². The number of rotatable bonds is 6. The maximum Gasteiger partial charge on any atom is 0.241 e. The standard InChI is InChI=1S/C18H24N4OS.ClH/c1-11(2)9-16(19)17(23)22-14-5-7-15(8-6-14)24-18-20-12(3)10-13(4)21-18;/h5-8,10-11,16H,9,19H2,1-4H3,(H,22,23);1H/t16-;/m0./s1. The Morgan fingerprint density at radius 3 is 2.24 bits per heavy atom. The Labute approximate surface area is 159 Å². The SMILES string of the molecule is Cc1cc(C)nc(Sc2ccc(NC(=O)[C@@H](N)CC(C)C)cc2)n1.Cl. The van der Waals surface area contributed by atoms with Crippen LogP contribution in [0.15, 0.2) is 40.4 Å². The lowest BCUT2D eigenvalue weighted by molar-refractivity contribution is -0.117. The van der Waals surface area contributed by atoms with Crippen molar-refractivity contribution in [2.75, 3.05) is 5.32 Å². The van der Waals surface area contributed by atoms with E-state index in [1.54, 1.807) is 0 Å². The molecule has 1 aromatic carbocycles. The molecule has 0 aliphatic carbocycles. The number of carbonyl (C=O) groups is 1. The average Bonchev–Trinajstić information content (AvgIpc) is 2.47. The minimum absolute atomic E-state index is 0. The molecule has 0 bridgehead atoms. The molecule has 0 fully saturated rings. The largest absolute Gasteiger partial charge is 0.325 e. The van der Waals surface area contributed by atoms with E-state index in [0.717, 1.165) is 27.1 Å². The van der Waals surface area contributed by atoms with E-state index in [4.69, 9.17) is 5.73 Å². The van der Waals surface area contributed by atoms with Crippen molar-refractivity contribution in [3.8, 4) is 0 Å². The van der Waals surface area contributed by atoms with Crippen LogP contribution < -0.4 is 11.1 Å². The van der Waals surface area contributed by atoms with E-state index in [-0.39, 0.29) is 18.3 Å². The van der Waals surface area contributed by atoms with Gasteiger partial charge < -0.3 is 11.1 Å². The summed E-state index contributed by atoms with van der Waals surface area (Å²) >= 11 is 1.50. The number of amides is 1. The molecule has 0 unspecified atom stereocenters. The van der Waals surface area contributed by atoms with E-state index >= 15 is 0 Å². The van der Waals surface area contributed by atoms with E-state index in [1.165, 1.54) is 11.8 Å². The predicted octanol–water partition coefficient (Wildman–Crippen LogP) is 3.98. The van der Waals surface area contributed by atoms with Crippen molar-refractivity contribution in [3.05, 3.63) is 41.7 Å². The van der Waals surface area contributed by atoms with Crippen molar-refractivity contribution >= 4 is 35.8 Å². The van der Waals surface area contributed by atoms with Crippen molar-refractivity contribution in [2.45, 2.75) is 50.2 Å². The molecule has 0 aliphatic rings. The number of hydrogen-bond acceptors (Lipinski definition) is 5. The topological polar surface area (TPSA) is 80.9 Å². The van der Waals surface area contributed by atoms with Crippen LogP contribution in [0.3, 0.4) is 0 Å². The zero-order chi connectivity index (χ0) is 17.7. The van der Waals surface area contributed by atoms with E-state index in [9.17, 15) is 4.79 Å². The van der Waals surface area contributed by atoms with Gasteiger partial charge in [0.1, 0.15) is 0 Å². The third-order valence-corrected chi connectivity index (χ3v) is 4.23. The third kappa shape index (κ3) is 7.02. The molecule has 136 valence electrons. The molecule has 5 nitrogen and oxygen atoms in total. The second-order valence-electron chi connectivity index (χ2n) is 6.29. The molecule has 0 spiro atoms. The molecule has 0 aliphatic heterocycles. The first-order valence-electron chi connectivity index (χ1n) is 8.00. The Kier molecular flexibility index (Phi) is 8.35.